The van der Waals surface area contributed by atoms with E-state index in [1.54, 1.807) is 18.5 Å². The van der Waals surface area contributed by atoms with Crippen molar-refractivity contribution in [2.45, 2.75) is 31.3 Å². The topological polar surface area (TPSA) is 62.1 Å². The fourth-order valence-electron chi connectivity index (χ4n) is 3.29. The van der Waals surface area contributed by atoms with Crippen LogP contribution < -0.4 is 4.90 Å². The molecule has 21 heavy (non-hydrogen) atoms. The molecule has 2 aromatic rings. The summed E-state index contributed by atoms with van der Waals surface area (Å²) in [6.07, 6.45) is 7.33. The van der Waals surface area contributed by atoms with E-state index in [2.05, 4.69) is 19.9 Å². The standard InChI is InChI=1S/C15H17ClN4O/c16-12-8-11-13(18-6-5-17-11)14(19-12)20-7-1-2-10(9-20)15(21)3-4-15/h5-6,8,10,21H,1-4,7,9H2. The van der Waals surface area contributed by atoms with Gasteiger partial charge in [0.2, 0.25) is 0 Å². The van der Waals surface area contributed by atoms with Crippen molar-refractivity contribution in [2.24, 2.45) is 5.92 Å². The molecule has 1 aliphatic carbocycles. The van der Waals surface area contributed by atoms with E-state index in [-0.39, 0.29) is 0 Å². The van der Waals surface area contributed by atoms with E-state index in [1.165, 1.54) is 0 Å². The Balaban J connectivity index is 1.72. The van der Waals surface area contributed by atoms with Gasteiger partial charge in [-0.2, -0.15) is 0 Å². The van der Waals surface area contributed by atoms with E-state index in [0.29, 0.717) is 11.1 Å². The number of piperidine rings is 1. The maximum Gasteiger partial charge on any atom is 0.158 e. The van der Waals surface area contributed by atoms with Crippen LogP contribution in [0.4, 0.5) is 5.82 Å². The third-order valence-corrected chi connectivity index (χ3v) is 4.84. The van der Waals surface area contributed by atoms with Gasteiger partial charge in [0.15, 0.2) is 5.82 Å². The number of pyridine rings is 1. The van der Waals surface area contributed by atoms with E-state index in [1.807, 2.05) is 0 Å². The fourth-order valence-corrected chi connectivity index (χ4v) is 3.47. The van der Waals surface area contributed by atoms with E-state index in [0.717, 1.165) is 55.6 Å². The molecule has 2 aromatic heterocycles. The van der Waals surface area contributed by atoms with Gasteiger partial charge in [-0.05, 0) is 25.7 Å². The second-order valence-electron chi connectivity index (χ2n) is 6.08. The molecule has 0 bridgehead atoms. The number of hydrogen-bond donors (Lipinski definition) is 1. The molecule has 1 atom stereocenters. The van der Waals surface area contributed by atoms with E-state index in [4.69, 9.17) is 11.6 Å². The summed E-state index contributed by atoms with van der Waals surface area (Å²) in [7, 11) is 0. The number of nitrogens with zero attached hydrogens (tertiary/aromatic N) is 4. The van der Waals surface area contributed by atoms with Gasteiger partial charge in [-0.1, -0.05) is 11.6 Å². The van der Waals surface area contributed by atoms with Crippen molar-refractivity contribution in [3.05, 3.63) is 23.6 Å². The van der Waals surface area contributed by atoms with Crippen LogP contribution in [0.3, 0.4) is 0 Å². The molecule has 0 amide bonds. The van der Waals surface area contributed by atoms with Gasteiger partial charge in [-0.15, -0.1) is 0 Å². The summed E-state index contributed by atoms with van der Waals surface area (Å²) in [4.78, 5) is 15.4. The second kappa shape index (κ2) is 4.78. The minimum atomic E-state index is -0.446. The molecule has 0 radical (unpaired) electrons. The first-order valence-corrected chi connectivity index (χ1v) is 7.78. The lowest BCUT2D eigenvalue weighted by Gasteiger charge is -2.36. The van der Waals surface area contributed by atoms with Crippen molar-refractivity contribution >= 4 is 28.5 Å². The van der Waals surface area contributed by atoms with Gasteiger partial charge in [-0.25, -0.2) is 9.97 Å². The summed E-state index contributed by atoms with van der Waals surface area (Å²) in [6.45, 7) is 1.74. The van der Waals surface area contributed by atoms with E-state index < -0.39 is 5.60 Å². The van der Waals surface area contributed by atoms with Gasteiger partial charge in [0, 0.05) is 37.5 Å². The molecule has 1 N–H and O–H groups in total. The smallest absolute Gasteiger partial charge is 0.158 e. The highest BCUT2D eigenvalue weighted by Gasteiger charge is 2.48. The molecule has 2 fully saturated rings. The molecule has 0 spiro atoms. The highest BCUT2D eigenvalue weighted by Crippen LogP contribution is 2.46. The first kappa shape index (κ1) is 13.2. The summed E-state index contributed by atoms with van der Waals surface area (Å²) >= 11 is 6.13. The molecule has 0 aromatic carbocycles. The van der Waals surface area contributed by atoms with Crippen LogP contribution in [0.1, 0.15) is 25.7 Å². The Morgan fingerprint density at radius 3 is 2.90 bits per heavy atom. The Hall–Kier alpha value is -1.46. The minimum Gasteiger partial charge on any atom is -0.390 e. The molecule has 1 saturated heterocycles. The third kappa shape index (κ3) is 2.34. The maximum atomic E-state index is 10.4. The summed E-state index contributed by atoms with van der Waals surface area (Å²) in [5, 5.41) is 10.8. The van der Waals surface area contributed by atoms with Crippen LogP contribution >= 0.6 is 11.6 Å². The number of aliphatic hydroxyl groups is 1. The van der Waals surface area contributed by atoms with Crippen LogP contribution in [0, 0.1) is 5.92 Å². The molecule has 1 aliphatic heterocycles. The predicted molar refractivity (Wildman–Crippen MR) is 81.5 cm³/mol. The lowest BCUT2D eigenvalue weighted by molar-refractivity contribution is 0.0730. The molecule has 4 rings (SSSR count). The average molecular weight is 305 g/mol. The van der Waals surface area contributed by atoms with E-state index in [9.17, 15) is 5.11 Å². The van der Waals surface area contributed by atoms with Gasteiger partial charge >= 0.3 is 0 Å². The van der Waals surface area contributed by atoms with Crippen molar-refractivity contribution in [3.8, 4) is 0 Å². The normalized spacial score (nSPS) is 24.3. The van der Waals surface area contributed by atoms with Crippen molar-refractivity contribution in [2.75, 3.05) is 18.0 Å². The predicted octanol–water partition coefficient (Wildman–Crippen LogP) is 2.42. The first-order valence-electron chi connectivity index (χ1n) is 7.40. The highest BCUT2D eigenvalue weighted by atomic mass is 35.5. The minimum absolute atomic E-state index is 0.318. The number of halogens is 1. The number of anilines is 1. The summed E-state index contributed by atoms with van der Waals surface area (Å²) in [6, 6.07) is 1.74. The summed E-state index contributed by atoms with van der Waals surface area (Å²) in [5.41, 5.74) is 1.10. The number of rotatable bonds is 2. The van der Waals surface area contributed by atoms with Crippen molar-refractivity contribution < 1.29 is 5.11 Å². The molecule has 110 valence electrons. The number of aromatic nitrogens is 3. The molecule has 1 saturated carbocycles. The highest BCUT2D eigenvalue weighted by molar-refractivity contribution is 6.30. The Labute approximate surface area is 128 Å². The monoisotopic (exact) mass is 304 g/mol. The van der Waals surface area contributed by atoms with Crippen LogP contribution in [0.5, 0.6) is 0 Å². The van der Waals surface area contributed by atoms with Crippen LogP contribution in [-0.4, -0.2) is 38.7 Å². The van der Waals surface area contributed by atoms with Gasteiger partial charge < -0.3 is 10.0 Å². The fraction of sp³-hybridized carbons (Fsp3) is 0.533. The van der Waals surface area contributed by atoms with Gasteiger partial charge in [0.05, 0.1) is 11.1 Å². The molecular weight excluding hydrogens is 288 g/mol. The van der Waals surface area contributed by atoms with Crippen molar-refractivity contribution in [1.82, 2.24) is 15.0 Å². The van der Waals surface area contributed by atoms with Gasteiger partial charge in [0.1, 0.15) is 10.7 Å². The van der Waals surface area contributed by atoms with Crippen molar-refractivity contribution in [1.29, 1.82) is 0 Å². The van der Waals surface area contributed by atoms with Crippen LogP contribution in [0.25, 0.3) is 11.0 Å². The van der Waals surface area contributed by atoms with Crippen LogP contribution in [0.2, 0.25) is 5.15 Å². The van der Waals surface area contributed by atoms with Crippen molar-refractivity contribution in [3.63, 3.8) is 0 Å². The summed E-state index contributed by atoms with van der Waals surface area (Å²) in [5.74, 6) is 1.11. The molecular formula is C15H17ClN4O. The molecule has 6 heteroatoms. The van der Waals surface area contributed by atoms with E-state index >= 15 is 0 Å². The molecule has 2 aliphatic rings. The average Bonchev–Trinajstić information content (AvgIpc) is 3.26. The van der Waals surface area contributed by atoms with Gasteiger partial charge in [0.25, 0.3) is 0 Å². The molecule has 5 nitrogen and oxygen atoms in total. The molecule has 1 unspecified atom stereocenters. The quantitative estimate of drug-likeness (QED) is 0.863. The Morgan fingerprint density at radius 1 is 1.29 bits per heavy atom. The Morgan fingerprint density at radius 2 is 2.10 bits per heavy atom. The Bertz CT molecular complexity index is 688. The lowest BCUT2D eigenvalue weighted by Crippen LogP contribution is -2.41. The third-order valence-electron chi connectivity index (χ3n) is 4.65. The zero-order valence-corrected chi connectivity index (χ0v) is 12.4. The Kier molecular flexibility index (Phi) is 3.01. The summed E-state index contributed by atoms with van der Waals surface area (Å²) < 4.78 is 0. The first-order chi connectivity index (χ1) is 10.2. The number of hydrogen-bond acceptors (Lipinski definition) is 5. The maximum absolute atomic E-state index is 10.4. The van der Waals surface area contributed by atoms with Crippen LogP contribution in [-0.2, 0) is 0 Å². The van der Waals surface area contributed by atoms with Gasteiger partial charge in [-0.3, -0.25) is 4.98 Å². The molecule has 3 heterocycles. The zero-order chi connectivity index (χ0) is 14.4. The largest absolute Gasteiger partial charge is 0.390 e. The van der Waals surface area contributed by atoms with Crippen LogP contribution in [0.15, 0.2) is 18.5 Å². The lowest BCUT2D eigenvalue weighted by atomic mass is 9.90. The SMILES string of the molecule is OC1(C2CCCN(c3nc(Cl)cc4nccnc34)C2)CC1. The number of fused-ring (bicyclic) bond motifs is 1. The second-order valence-corrected chi connectivity index (χ2v) is 6.47. The zero-order valence-electron chi connectivity index (χ0n) is 11.7.